The molecule has 0 aliphatic rings. The second kappa shape index (κ2) is 7.76. The van der Waals surface area contributed by atoms with Crippen LogP contribution in [0.15, 0.2) is 18.7 Å². The molecule has 1 rings (SSSR count). The molecular weight excluding hydrogens is 276 g/mol. The van der Waals surface area contributed by atoms with Gasteiger partial charge in [-0.1, -0.05) is 47.3 Å². The first kappa shape index (κ1) is 19.1. The summed E-state index contributed by atoms with van der Waals surface area (Å²) in [5.41, 5.74) is -1.08. The second-order valence-electron chi connectivity index (χ2n) is 5.27. The van der Waals surface area contributed by atoms with Crippen LogP contribution in [0.2, 0.25) is 0 Å². The highest BCUT2D eigenvalue weighted by Gasteiger charge is 2.22. The van der Waals surface area contributed by atoms with Gasteiger partial charge in [-0.15, -0.1) is 0 Å². The van der Waals surface area contributed by atoms with E-state index >= 15 is 0 Å². The predicted octanol–water partition coefficient (Wildman–Crippen LogP) is 4.18. The molecule has 0 aromatic heterocycles. The van der Waals surface area contributed by atoms with E-state index in [1.165, 1.54) is 6.07 Å². The molecule has 0 aliphatic heterocycles. The fourth-order valence-corrected chi connectivity index (χ4v) is 1.44. The maximum Gasteiger partial charge on any atom is 0.225 e. The van der Waals surface area contributed by atoms with Gasteiger partial charge in [0.05, 0.1) is 5.56 Å². The number of halogens is 2. The molecule has 5 heteroatoms. The molecule has 0 aliphatic carbocycles. The highest BCUT2D eigenvalue weighted by Crippen LogP contribution is 2.22. The molecule has 3 nitrogen and oxygen atoms in total. The Morgan fingerprint density at radius 1 is 1.29 bits per heavy atom. The van der Waals surface area contributed by atoms with Crippen LogP contribution in [0, 0.1) is 17.0 Å². The van der Waals surface area contributed by atoms with Gasteiger partial charge in [0.1, 0.15) is 17.4 Å². The van der Waals surface area contributed by atoms with Gasteiger partial charge < -0.3 is 10.4 Å². The van der Waals surface area contributed by atoms with Gasteiger partial charge in [0, 0.05) is 17.5 Å². The van der Waals surface area contributed by atoms with Crippen LogP contribution in [0.3, 0.4) is 0 Å². The molecule has 0 unspecified atom stereocenters. The molecule has 0 bridgehead atoms. The van der Waals surface area contributed by atoms with Crippen LogP contribution >= 0.6 is 0 Å². The quantitative estimate of drug-likeness (QED) is 0.822. The Labute approximate surface area is 124 Å². The second-order valence-corrected chi connectivity index (χ2v) is 5.27. The van der Waals surface area contributed by atoms with Gasteiger partial charge in [-0.05, 0) is 6.07 Å². The molecule has 1 aromatic rings. The van der Waals surface area contributed by atoms with E-state index in [4.69, 9.17) is 5.11 Å². The van der Waals surface area contributed by atoms with Gasteiger partial charge in [-0.2, -0.15) is 0 Å². The largest absolute Gasteiger partial charge is 0.508 e. The van der Waals surface area contributed by atoms with Crippen LogP contribution in [-0.4, -0.2) is 11.0 Å². The Balaban J connectivity index is 0.00000191. The minimum atomic E-state index is -0.915. The van der Waals surface area contributed by atoms with Crippen LogP contribution in [0.1, 0.15) is 45.7 Å². The molecule has 0 saturated heterocycles. The number of aliphatic hydroxyl groups is 1. The summed E-state index contributed by atoms with van der Waals surface area (Å²) in [6.45, 7) is 12.2. The SMILES string of the molecule is C=C(O)c1c(F)ccc(CNC(=O)C(C)(C)C)c1F.CC. The average molecular weight is 299 g/mol. The van der Waals surface area contributed by atoms with Crippen molar-refractivity contribution in [1.82, 2.24) is 5.32 Å². The van der Waals surface area contributed by atoms with Crippen molar-refractivity contribution in [3.8, 4) is 0 Å². The fourth-order valence-electron chi connectivity index (χ4n) is 1.44. The molecule has 118 valence electrons. The van der Waals surface area contributed by atoms with E-state index in [0.717, 1.165) is 6.07 Å². The molecule has 1 amide bonds. The van der Waals surface area contributed by atoms with E-state index in [1.807, 2.05) is 13.8 Å². The third-order valence-electron chi connectivity index (χ3n) is 2.58. The van der Waals surface area contributed by atoms with Gasteiger partial charge in [-0.25, -0.2) is 8.78 Å². The lowest BCUT2D eigenvalue weighted by atomic mass is 9.95. The van der Waals surface area contributed by atoms with Gasteiger partial charge in [-0.3, -0.25) is 4.79 Å². The standard InChI is InChI=1S/C14H17F2NO2.C2H6/c1-8(18)11-10(15)6-5-9(12(11)16)7-17-13(19)14(2,3)4;1-2/h5-6,18H,1,7H2,2-4H3,(H,17,19);1-2H3. The third kappa shape index (κ3) is 5.17. The lowest BCUT2D eigenvalue weighted by Crippen LogP contribution is -2.34. The lowest BCUT2D eigenvalue weighted by Gasteiger charge is -2.18. The topological polar surface area (TPSA) is 49.3 Å². The van der Waals surface area contributed by atoms with Crippen molar-refractivity contribution in [1.29, 1.82) is 0 Å². The molecule has 0 spiro atoms. The summed E-state index contributed by atoms with van der Waals surface area (Å²) in [5.74, 6) is -2.74. The van der Waals surface area contributed by atoms with Crippen LogP contribution < -0.4 is 5.32 Å². The van der Waals surface area contributed by atoms with Crippen molar-refractivity contribution < 1.29 is 18.7 Å². The monoisotopic (exact) mass is 299 g/mol. The zero-order chi connectivity index (χ0) is 16.8. The molecule has 0 heterocycles. The molecule has 2 N–H and O–H groups in total. The molecule has 0 saturated carbocycles. The van der Waals surface area contributed by atoms with Crippen LogP contribution in [0.5, 0.6) is 0 Å². The lowest BCUT2D eigenvalue weighted by molar-refractivity contribution is -0.128. The molecular formula is C16H23F2NO2. The van der Waals surface area contributed by atoms with E-state index in [1.54, 1.807) is 20.8 Å². The number of aliphatic hydroxyl groups excluding tert-OH is 1. The number of carbonyl (C=O) groups excluding carboxylic acids is 1. The first-order valence-corrected chi connectivity index (χ1v) is 6.78. The molecule has 1 aromatic carbocycles. The van der Waals surface area contributed by atoms with Crippen molar-refractivity contribution >= 4 is 11.7 Å². The van der Waals surface area contributed by atoms with Crippen molar-refractivity contribution in [2.75, 3.05) is 0 Å². The number of carbonyl (C=O) groups is 1. The normalized spacial score (nSPS) is 10.4. The third-order valence-corrected chi connectivity index (χ3v) is 2.58. The number of nitrogens with one attached hydrogen (secondary N) is 1. The number of amides is 1. The van der Waals surface area contributed by atoms with Gasteiger partial charge >= 0.3 is 0 Å². The van der Waals surface area contributed by atoms with Gasteiger partial charge in [0.25, 0.3) is 0 Å². The molecule has 21 heavy (non-hydrogen) atoms. The van der Waals surface area contributed by atoms with Crippen LogP contribution in [0.25, 0.3) is 5.76 Å². The first-order valence-electron chi connectivity index (χ1n) is 6.78. The Morgan fingerprint density at radius 2 is 1.81 bits per heavy atom. The Morgan fingerprint density at radius 3 is 2.24 bits per heavy atom. The summed E-state index contributed by atoms with van der Waals surface area (Å²) in [4.78, 5) is 11.7. The zero-order valence-corrected chi connectivity index (χ0v) is 13.2. The van der Waals surface area contributed by atoms with E-state index in [9.17, 15) is 13.6 Å². The van der Waals surface area contributed by atoms with Gasteiger partial charge in [0.2, 0.25) is 5.91 Å². The summed E-state index contributed by atoms with van der Waals surface area (Å²) >= 11 is 0. The average Bonchev–Trinajstić information content (AvgIpc) is 2.38. The Bertz CT molecular complexity index is 520. The molecule has 0 atom stereocenters. The number of hydrogen-bond acceptors (Lipinski definition) is 2. The molecule has 0 radical (unpaired) electrons. The highest BCUT2D eigenvalue weighted by atomic mass is 19.1. The van der Waals surface area contributed by atoms with E-state index < -0.39 is 28.4 Å². The maximum absolute atomic E-state index is 13.9. The first-order chi connectivity index (χ1) is 9.64. The summed E-state index contributed by atoms with van der Waals surface area (Å²) in [5, 5.41) is 11.7. The van der Waals surface area contributed by atoms with Crippen molar-refractivity contribution in [2.24, 2.45) is 5.41 Å². The summed E-state index contributed by atoms with van der Waals surface area (Å²) in [6, 6.07) is 2.25. The smallest absolute Gasteiger partial charge is 0.225 e. The van der Waals surface area contributed by atoms with E-state index in [2.05, 4.69) is 11.9 Å². The Kier molecular flexibility index (Phi) is 7.06. The van der Waals surface area contributed by atoms with Crippen molar-refractivity contribution in [2.45, 2.75) is 41.2 Å². The maximum atomic E-state index is 13.9. The van der Waals surface area contributed by atoms with Gasteiger partial charge in [0.15, 0.2) is 0 Å². The minimum Gasteiger partial charge on any atom is -0.508 e. The summed E-state index contributed by atoms with van der Waals surface area (Å²) < 4.78 is 27.2. The number of benzene rings is 1. The summed E-state index contributed by atoms with van der Waals surface area (Å²) in [6.07, 6.45) is 0. The van der Waals surface area contributed by atoms with E-state index in [0.29, 0.717) is 0 Å². The van der Waals surface area contributed by atoms with Crippen molar-refractivity contribution in [3.63, 3.8) is 0 Å². The predicted molar refractivity (Wildman–Crippen MR) is 80.7 cm³/mol. The Hall–Kier alpha value is -1.91. The number of rotatable bonds is 3. The number of hydrogen-bond donors (Lipinski definition) is 2. The fraction of sp³-hybridized carbons (Fsp3) is 0.438. The zero-order valence-electron chi connectivity index (χ0n) is 13.2. The minimum absolute atomic E-state index is 0.0809. The molecule has 0 fully saturated rings. The van der Waals surface area contributed by atoms with E-state index in [-0.39, 0.29) is 18.0 Å². The highest BCUT2D eigenvalue weighted by molar-refractivity contribution is 5.81. The van der Waals surface area contributed by atoms with Crippen LogP contribution in [0.4, 0.5) is 8.78 Å². The summed E-state index contributed by atoms with van der Waals surface area (Å²) in [7, 11) is 0. The van der Waals surface area contributed by atoms with Crippen molar-refractivity contribution in [3.05, 3.63) is 41.5 Å². The van der Waals surface area contributed by atoms with Crippen LogP contribution in [-0.2, 0) is 11.3 Å².